The molecule has 0 spiro atoms. The molecule has 0 aliphatic carbocycles. The third-order valence-corrected chi connectivity index (χ3v) is 6.96. The van der Waals surface area contributed by atoms with Crippen LogP contribution in [0.1, 0.15) is 52.1 Å². The van der Waals surface area contributed by atoms with Crippen LogP contribution in [0.25, 0.3) is 5.69 Å². The number of aliphatic hydroxyl groups is 1. The van der Waals surface area contributed by atoms with Crippen LogP contribution in [0.15, 0.2) is 54.6 Å². The van der Waals surface area contributed by atoms with Crippen LogP contribution in [-0.2, 0) is 22.4 Å². The average molecular weight is 476 g/mol. The van der Waals surface area contributed by atoms with Crippen LogP contribution in [-0.4, -0.2) is 57.5 Å². The van der Waals surface area contributed by atoms with E-state index >= 15 is 0 Å². The van der Waals surface area contributed by atoms with Gasteiger partial charge < -0.3 is 14.7 Å². The van der Waals surface area contributed by atoms with Gasteiger partial charge in [0.2, 0.25) is 0 Å². The van der Waals surface area contributed by atoms with Gasteiger partial charge in [0.15, 0.2) is 0 Å². The summed E-state index contributed by atoms with van der Waals surface area (Å²) in [5.74, 6) is -0.263. The van der Waals surface area contributed by atoms with E-state index in [0.717, 1.165) is 28.2 Å². The van der Waals surface area contributed by atoms with E-state index in [0.29, 0.717) is 50.8 Å². The van der Waals surface area contributed by atoms with Gasteiger partial charge in [0.1, 0.15) is 0 Å². The first-order valence-corrected chi connectivity index (χ1v) is 12.1. The van der Waals surface area contributed by atoms with Gasteiger partial charge in [-0.2, -0.15) is 5.10 Å². The van der Waals surface area contributed by atoms with Crippen LogP contribution in [0.5, 0.6) is 0 Å². The minimum atomic E-state index is -0.775. The van der Waals surface area contributed by atoms with E-state index in [4.69, 9.17) is 4.74 Å². The zero-order valence-electron chi connectivity index (χ0n) is 20.7. The molecular weight excluding hydrogens is 442 g/mol. The van der Waals surface area contributed by atoms with Crippen LogP contribution >= 0.6 is 0 Å². The van der Waals surface area contributed by atoms with Crippen LogP contribution in [0, 0.1) is 13.8 Å². The number of carbonyl (C=O) groups is 2. The van der Waals surface area contributed by atoms with E-state index in [-0.39, 0.29) is 11.9 Å². The van der Waals surface area contributed by atoms with E-state index in [1.54, 1.807) is 0 Å². The van der Waals surface area contributed by atoms with Gasteiger partial charge in [0, 0.05) is 37.2 Å². The van der Waals surface area contributed by atoms with Gasteiger partial charge in [0.05, 0.1) is 24.1 Å². The maximum absolute atomic E-state index is 13.1. The minimum Gasteiger partial charge on any atom is -0.469 e. The van der Waals surface area contributed by atoms with Gasteiger partial charge in [-0.15, -0.1) is 0 Å². The molecular formula is C28H33N3O4. The number of nitrogens with zero attached hydrogens (tertiary/aromatic N) is 3. The topological polar surface area (TPSA) is 84.7 Å². The van der Waals surface area contributed by atoms with Crippen molar-refractivity contribution in [2.45, 2.75) is 51.6 Å². The predicted molar refractivity (Wildman–Crippen MR) is 134 cm³/mol. The van der Waals surface area contributed by atoms with Crippen molar-refractivity contribution in [3.05, 3.63) is 82.7 Å². The number of aryl methyl sites for hydroxylation is 1. The lowest BCUT2D eigenvalue weighted by Crippen LogP contribution is -2.47. The second-order valence-electron chi connectivity index (χ2n) is 9.36. The number of piperidine rings is 1. The molecule has 3 aromatic rings. The number of esters is 1. The molecule has 1 saturated heterocycles. The highest BCUT2D eigenvalue weighted by molar-refractivity contribution is 5.94. The van der Waals surface area contributed by atoms with Crippen molar-refractivity contribution >= 4 is 11.9 Å². The van der Waals surface area contributed by atoms with Crippen molar-refractivity contribution in [3.8, 4) is 5.69 Å². The van der Waals surface area contributed by atoms with Gasteiger partial charge in [-0.05, 0) is 68.5 Å². The normalized spacial score (nSPS) is 15.1. The molecule has 1 aliphatic rings. The first-order valence-electron chi connectivity index (χ1n) is 12.1. The van der Waals surface area contributed by atoms with Crippen molar-refractivity contribution in [2.24, 2.45) is 0 Å². The van der Waals surface area contributed by atoms with Gasteiger partial charge in [0.25, 0.3) is 5.91 Å². The Morgan fingerprint density at radius 3 is 2.31 bits per heavy atom. The Morgan fingerprint density at radius 1 is 1.03 bits per heavy atom. The molecule has 1 fully saturated rings. The fourth-order valence-electron chi connectivity index (χ4n) is 4.82. The molecule has 184 valence electrons. The summed E-state index contributed by atoms with van der Waals surface area (Å²) in [6, 6.07) is 17.4. The highest BCUT2D eigenvalue weighted by Crippen LogP contribution is 2.27. The number of rotatable bonds is 7. The summed E-state index contributed by atoms with van der Waals surface area (Å²) in [5.41, 5.74) is 4.71. The van der Waals surface area contributed by atoms with Gasteiger partial charge in [-0.25, -0.2) is 4.68 Å². The minimum absolute atomic E-state index is 0.0227. The third-order valence-electron chi connectivity index (χ3n) is 6.96. The van der Waals surface area contributed by atoms with Gasteiger partial charge in [-0.1, -0.05) is 30.3 Å². The van der Waals surface area contributed by atoms with E-state index in [2.05, 4.69) is 5.10 Å². The summed E-state index contributed by atoms with van der Waals surface area (Å²) < 4.78 is 6.60. The lowest BCUT2D eigenvalue weighted by atomic mass is 9.85. The lowest BCUT2D eigenvalue weighted by Gasteiger charge is -2.38. The first kappa shape index (κ1) is 24.7. The van der Waals surface area contributed by atoms with Gasteiger partial charge >= 0.3 is 5.97 Å². The fourth-order valence-corrected chi connectivity index (χ4v) is 4.82. The van der Waals surface area contributed by atoms with E-state index < -0.39 is 5.60 Å². The Morgan fingerprint density at radius 2 is 1.69 bits per heavy atom. The molecule has 0 radical (unpaired) electrons. The van der Waals surface area contributed by atoms with Crippen LogP contribution in [0.2, 0.25) is 0 Å². The molecule has 2 aromatic carbocycles. The van der Waals surface area contributed by atoms with Crippen LogP contribution in [0.3, 0.4) is 0 Å². The monoisotopic (exact) mass is 475 g/mol. The molecule has 1 aliphatic heterocycles. The molecule has 0 unspecified atom stereocenters. The second kappa shape index (κ2) is 10.4. The molecule has 7 heteroatoms. The molecule has 1 aromatic heterocycles. The summed E-state index contributed by atoms with van der Waals surface area (Å²) in [6.07, 6.45) is 2.62. The summed E-state index contributed by atoms with van der Waals surface area (Å²) in [5, 5.41) is 15.7. The SMILES string of the molecule is COC(=O)CCc1c(C)nn(-c2ccc(C(=O)N3CCC(O)(Cc4ccccc4)CC3)cc2)c1C. The number of hydrogen-bond donors (Lipinski definition) is 1. The zero-order valence-corrected chi connectivity index (χ0v) is 20.7. The largest absolute Gasteiger partial charge is 0.469 e. The van der Waals surface area contributed by atoms with E-state index in [9.17, 15) is 14.7 Å². The van der Waals surface area contributed by atoms with Crippen molar-refractivity contribution in [2.75, 3.05) is 20.2 Å². The molecule has 1 amide bonds. The van der Waals surface area contributed by atoms with E-state index in [1.807, 2.05) is 78.0 Å². The number of likely N-dealkylation sites (tertiary alicyclic amines) is 1. The summed E-state index contributed by atoms with van der Waals surface area (Å²) >= 11 is 0. The summed E-state index contributed by atoms with van der Waals surface area (Å²) in [4.78, 5) is 26.5. The molecule has 35 heavy (non-hydrogen) atoms. The molecule has 4 rings (SSSR count). The Hall–Kier alpha value is -3.45. The maximum atomic E-state index is 13.1. The third kappa shape index (κ3) is 5.62. The highest BCUT2D eigenvalue weighted by atomic mass is 16.5. The lowest BCUT2D eigenvalue weighted by molar-refractivity contribution is -0.140. The highest BCUT2D eigenvalue weighted by Gasteiger charge is 2.34. The fraction of sp³-hybridized carbons (Fsp3) is 0.393. The number of methoxy groups -OCH3 is 1. The zero-order chi connectivity index (χ0) is 25.0. The Labute approximate surface area is 206 Å². The van der Waals surface area contributed by atoms with E-state index in [1.165, 1.54) is 7.11 Å². The maximum Gasteiger partial charge on any atom is 0.305 e. The smallest absolute Gasteiger partial charge is 0.305 e. The van der Waals surface area contributed by atoms with Crippen molar-refractivity contribution in [1.82, 2.24) is 14.7 Å². The molecule has 2 heterocycles. The number of aromatic nitrogens is 2. The average Bonchev–Trinajstić information content (AvgIpc) is 3.16. The second-order valence-corrected chi connectivity index (χ2v) is 9.36. The molecule has 0 bridgehead atoms. The Balaban J connectivity index is 1.40. The number of hydrogen-bond acceptors (Lipinski definition) is 5. The number of benzene rings is 2. The van der Waals surface area contributed by atoms with Crippen molar-refractivity contribution < 1.29 is 19.4 Å². The molecule has 1 N–H and O–H groups in total. The number of amides is 1. The van der Waals surface area contributed by atoms with Crippen LogP contribution in [0.4, 0.5) is 0 Å². The van der Waals surface area contributed by atoms with Crippen molar-refractivity contribution in [1.29, 1.82) is 0 Å². The molecule has 0 saturated carbocycles. The van der Waals surface area contributed by atoms with Gasteiger partial charge in [-0.3, -0.25) is 9.59 Å². The van der Waals surface area contributed by atoms with Crippen LogP contribution < -0.4 is 0 Å². The number of ether oxygens (including phenoxy) is 1. The molecule has 7 nitrogen and oxygen atoms in total. The van der Waals surface area contributed by atoms with Crippen molar-refractivity contribution in [3.63, 3.8) is 0 Å². The Kier molecular flexibility index (Phi) is 7.36. The quantitative estimate of drug-likeness (QED) is 0.526. The standard InChI is InChI=1S/C28H33N3O4/c1-20-25(13-14-26(32)35-3)21(2)31(29-20)24-11-9-23(10-12-24)27(33)30-17-15-28(34,16-18-30)19-22-7-5-4-6-8-22/h4-12,34H,13-19H2,1-3H3. The summed E-state index contributed by atoms with van der Waals surface area (Å²) in [7, 11) is 1.39. The predicted octanol–water partition coefficient (Wildman–Crippen LogP) is 3.80. The Bertz CT molecular complexity index is 1180. The first-order chi connectivity index (χ1) is 16.8. The number of carbonyl (C=O) groups excluding carboxylic acids is 2. The summed E-state index contributed by atoms with van der Waals surface area (Å²) in [6.45, 7) is 4.98. The molecule has 0 atom stereocenters.